The zero-order valence-electron chi connectivity index (χ0n) is 13.6. The highest BCUT2D eigenvalue weighted by molar-refractivity contribution is 7.84. The van der Waals surface area contributed by atoms with Crippen LogP contribution in [0.1, 0.15) is 33.5 Å². The molecule has 1 unspecified atom stereocenters. The Balaban J connectivity index is 2.18. The highest BCUT2D eigenvalue weighted by Gasteiger charge is 2.25. The van der Waals surface area contributed by atoms with E-state index in [1.165, 1.54) is 10.9 Å². The number of hydrogen-bond acceptors (Lipinski definition) is 5. The molecule has 0 bridgehead atoms. The van der Waals surface area contributed by atoms with Gasteiger partial charge in [-0.15, -0.1) is 0 Å². The van der Waals surface area contributed by atoms with Crippen LogP contribution in [0.2, 0.25) is 0 Å². The Kier molecular flexibility index (Phi) is 4.23. The summed E-state index contributed by atoms with van der Waals surface area (Å²) in [5, 5.41) is 6.70. The quantitative estimate of drug-likeness (QED) is 0.839. The number of hydrogen-bond donors (Lipinski definition) is 1. The summed E-state index contributed by atoms with van der Waals surface area (Å²) in [6, 6.07) is 3.27. The van der Waals surface area contributed by atoms with Crippen LogP contribution in [-0.4, -0.2) is 38.3 Å². The van der Waals surface area contributed by atoms with Gasteiger partial charge in [0.25, 0.3) is 5.56 Å². The summed E-state index contributed by atoms with van der Waals surface area (Å²) < 4.78 is 13.3. The van der Waals surface area contributed by atoms with Gasteiger partial charge in [0.15, 0.2) is 5.78 Å². The SMILES string of the molecule is Cc1c(C(=O)c2c[nH]n(C)c2=O)ccc(S(C)=O)c1C1=NOCC1. The molecule has 1 aliphatic heterocycles. The molecule has 2 heterocycles. The summed E-state index contributed by atoms with van der Waals surface area (Å²) in [5.74, 6) is -0.372. The maximum Gasteiger partial charge on any atom is 0.277 e. The second-order valence-electron chi connectivity index (χ2n) is 5.57. The van der Waals surface area contributed by atoms with Crippen molar-refractivity contribution in [3.05, 3.63) is 50.9 Å². The molecule has 2 aromatic rings. The van der Waals surface area contributed by atoms with Crippen molar-refractivity contribution in [3.63, 3.8) is 0 Å². The maximum atomic E-state index is 12.8. The first kappa shape index (κ1) is 16.4. The number of benzene rings is 1. The van der Waals surface area contributed by atoms with Crippen molar-refractivity contribution < 1.29 is 13.8 Å². The van der Waals surface area contributed by atoms with E-state index in [9.17, 15) is 13.8 Å². The lowest BCUT2D eigenvalue weighted by Crippen LogP contribution is -2.20. The predicted octanol–water partition coefficient (Wildman–Crippen LogP) is 1.11. The van der Waals surface area contributed by atoms with Gasteiger partial charge in [-0.1, -0.05) is 5.16 Å². The van der Waals surface area contributed by atoms with Gasteiger partial charge in [-0.05, 0) is 24.6 Å². The minimum absolute atomic E-state index is 0.0709. The first-order chi connectivity index (χ1) is 11.4. The summed E-state index contributed by atoms with van der Waals surface area (Å²) in [4.78, 5) is 30.5. The highest BCUT2D eigenvalue weighted by atomic mass is 32.2. The summed E-state index contributed by atoms with van der Waals surface area (Å²) in [6.45, 7) is 2.23. The molecular formula is C16H17N3O4S. The van der Waals surface area contributed by atoms with Gasteiger partial charge in [0.1, 0.15) is 12.2 Å². The first-order valence-electron chi connectivity index (χ1n) is 7.37. The fraction of sp³-hybridized carbons (Fsp3) is 0.312. The Morgan fingerprint density at radius 3 is 2.67 bits per heavy atom. The number of nitrogens with one attached hydrogen (secondary N) is 1. The topological polar surface area (TPSA) is 93.5 Å². The van der Waals surface area contributed by atoms with E-state index >= 15 is 0 Å². The van der Waals surface area contributed by atoms with Crippen molar-refractivity contribution in [2.24, 2.45) is 12.2 Å². The van der Waals surface area contributed by atoms with Crippen molar-refractivity contribution in [3.8, 4) is 0 Å². The molecule has 1 atom stereocenters. The molecule has 0 radical (unpaired) electrons. The van der Waals surface area contributed by atoms with Crippen LogP contribution < -0.4 is 5.56 Å². The maximum absolute atomic E-state index is 12.8. The van der Waals surface area contributed by atoms with Crippen LogP contribution in [0.25, 0.3) is 0 Å². The molecule has 0 amide bonds. The van der Waals surface area contributed by atoms with E-state index < -0.39 is 10.8 Å². The molecule has 1 aliphatic rings. The molecule has 24 heavy (non-hydrogen) atoms. The molecule has 1 aromatic carbocycles. The number of oxime groups is 1. The molecule has 0 fully saturated rings. The largest absolute Gasteiger partial charge is 0.395 e. The lowest BCUT2D eigenvalue weighted by Gasteiger charge is -2.13. The standard InChI is InChI=1S/C16H17N3O4S/c1-9-10(15(20)11-8-17-19(2)16(11)21)4-5-13(24(3)22)14(9)12-6-7-23-18-12/h4-5,8,17H,6-7H2,1-3H3. The molecule has 0 spiro atoms. The van der Waals surface area contributed by atoms with Crippen molar-refractivity contribution in [2.75, 3.05) is 12.9 Å². The van der Waals surface area contributed by atoms with Crippen molar-refractivity contribution in [1.82, 2.24) is 9.78 Å². The Morgan fingerprint density at radius 1 is 1.38 bits per heavy atom. The van der Waals surface area contributed by atoms with E-state index in [2.05, 4.69) is 10.3 Å². The second-order valence-corrected chi connectivity index (χ2v) is 6.92. The summed E-state index contributed by atoms with van der Waals surface area (Å²) >= 11 is 0. The van der Waals surface area contributed by atoms with E-state index in [-0.39, 0.29) is 16.9 Å². The first-order valence-corrected chi connectivity index (χ1v) is 8.93. The van der Waals surface area contributed by atoms with E-state index in [4.69, 9.17) is 4.84 Å². The number of aromatic amines is 1. The zero-order valence-corrected chi connectivity index (χ0v) is 14.4. The third kappa shape index (κ3) is 2.62. The Morgan fingerprint density at radius 2 is 2.12 bits per heavy atom. The lowest BCUT2D eigenvalue weighted by molar-refractivity contribution is 0.103. The summed E-state index contributed by atoms with van der Waals surface area (Å²) in [7, 11) is 0.314. The van der Waals surface area contributed by atoms with Crippen LogP contribution >= 0.6 is 0 Å². The van der Waals surface area contributed by atoms with Gasteiger partial charge in [0.2, 0.25) is 0 Å². The van der Waals surface area contributed by atoms with Crippen LogP contribution in [-0.2, 0) is 22.7 Å². The Hall–Kier alpha value is -2.48. The van der Waals surface area contributed by atoms with Crippen molar-refractivity contribution in [2.45, 2.75) is 18.2 Å². The number of ketones is 1. The van der Waals surface area contributed by atoms with E-state index in [1.807, 2.05) is 0 Å². The van der Waals surface area contributed by atoms with Crippen LogP contribution in [0.15, 0.2) is 33.2 Å². The molecule has 126 valence electrons. The second kappa shape index (κ2) is 6.20. The number of nitrogens with zero attached hydrogens (tertiary/aromatic N) is 2. The predicted molar refractivity (Wildman–Crippen MR) is 90.1 cm³/mol. The smallest absolute Gasteiger partial charge is 0.277 e. The molecule has 0 aliphatic carbocycles. The number of carbonyl (C=O) groups excluding carboxylic acids is 1. The average Bonchev–Trinajstić information content (AvgIpc) is 3.17. The Bertz CT molecular complexity index is 939. The van der Waals surface area contributed by atoms with E-state index in [0.717, 1.165) is 0 Å². The fourth-order valence-corrected chi connectivity index (χ4v) is 3.60. The summed E-state index contributed by atoms with van der Waals surface area (Å²) in [6.07, 6.45) is 3.57. The number of aryl methyl sites for hydroxylation is 1. The monoisotopic (exact) mass is 347 g/mol. The molecule has 8 heteroatoms. The van der Waals surface area contributed by atoms with Gasteiger partial charge in [0.05, 0.1) is 16.5 Å². The molecule has 1 N–H and O–H groups in total. The number of rotatable bonds is 4. The van der Waals surface area contributed by atoms with E-state index in [0.29, 0.717) is 40.3 Å². The average molecular weight is 347 g/mol. The van der Waals surface area contributed by atoms with Crippen LogP contribution in [0.3, 0.4) is 0 Å². The molecule has 3 rings (SSSR count). The van der Waals surface area contributed by atoms with Gasteiger partial charge in [-0.3, -0.25) is 18.5 Å². The number of aromatic nitrogens is 2. The molecule has 0 saturated heterocycles. The number of carbonyl (C=O) groups is 1. The van der Waals surface area contributed by atoms with E-state index in [1.54, 1.807) is 32.4 Å². The van der Waals surface area contributed by atoms with Crippen LogP contribution in [0.5, 0.6) is 0 Å². The minimum Gasteiger partial charge on any atom is -0.395 e. The van der Waals surface area contributed by atoms with Gasteiger partial charge in [-0.2, -0.15) is 0 Å². The van der Waals surface area contributed by atoms with Crippen LogP contribution in [0, 0.1) is 6.92 Å². The summed E-state index contributed by atoms with van der Waals surface area (Å²) in [5.41, 5.74) is 2.08. The molecular weight excluding hydrogens is 330 g/mol. The van der Waals surface area contributed by atoms with Gasteiger partial charge in [0, 0.05) is 41.9 Å². The number of H-pyrrole nitrogens is 1. The van der Waals surface area contributed by atoms with Gasteiger partial charge >= 0.3 is 0 Å². The third-order valence-electron chi connectivity index (χ3n) is 4.06. The lowest BCUT2D eigenvalue weighted by atomic mass is 9.93. The molecule has 7 nitrogen and oxygen atoms in total. The van der Waals surface area contributed by atoms with Crippen molar-refractivity contribution >= 4 is 22.3 Å². The normalized spacial score (nSPS) is 15.0. The van der Waals surface area contributed by atoms with Gasteiger partial charge in [-0.25, -0.2) is 0 Å². The highest BCUT2D eigenvalue weighted by Crippen LogP contribution is 2.26. The fourth-order valence-electron chi connectivity index (χ4n) is 2.78. The molecule has 0 saturated carbocycles. The third-order valence-corrected chi connectivity index (χ3v) is 5.02. The zero-order chi connectivity index (χ0) is 17.4. The molecule has 1 aromatic heterocycles. The minimum atomic E-state index is -1.23. The Labute approximate surface area is 140 Å². The van der Waals surface area contributed by atoms with Crippen LogP contribution in [0.4, 0.5) is 0 Å². The van der Waals surface area contributed by atoms with Crippen molar-refractivity contribution in [1.29, 1.82) is 0 Å². The van der Waals surface area contributed by atoms with Gasteiger partial charge < -0.3 is 9.94 Å².